The molecule has 0 aromatic heterocycles. The van der Waals surface area contributed by atoms with Crippen molar-refractivity contribution in [2.24, 2.45) is 23.7 Å². The van der Waals surface area contributed by atoms with Crippen LogP contribution in [0.1, 0.15) is 37.7 Å². The van der Waals surface area contributed by atoms with E-state index in [-0.39, 0.29) is 24.4 Å². The number of nitrogens with one attached hydrogen (secondary N) is 1. The molecular formula is C22H30Cl2N2O2. The van der Waals surface area contributed by atoms with Gasteiger partial charge in [-0.25, -0.2) is 0 Å². The first kappa shape index (κ1) is 20.5. The van der Waals surface area contributed by atoms with E-state index in [2.05, 4.69) is 16.3 Å². The van der Waals surface area contributed by atoms with Crippen LogP contribution < -0.4 is 5.32 Å². The summed E-state index contributed by atoms with van der Waals surface area (Å²) in [5.74, 6) is 3.37. The number of rotatable bonds is 4. The van der Waals surface area contributed by atoms with E-state index in [1.54, 1.807) is 0 Å². The molecule has 4 saturated carbocycles. The highest BCUT2D eigenvalue weighted by molar-refractivity contribution is 6.30. The number of carbonyl (C=O) groups excluding carboxylic acids is 1. The molecule has 1 aromatic carbocycles. The molecule has 1 saturated heterocycles. The minimum absolute atomic E-state index is 0. The van der Waals surface area contributed by atoms with E-state index in [4.69, 9.17) is 16.3 Å². The summed E-state index contributed by atoms with van der Waals surface area (Å²) >= 11 is 6.10. The predicted octanol–water partition coefficient (Wildman–Crippen LogP) is 3.90. The van der Waals surface area contributed by atoms with Crippen molar-refractivity contribution in [1.82, 2.24) is 10.2 Å². The van der Waals surface area contributed by atoms with Crippen LogP contribution in [0.5, 0.6) is 0 Å². The van der Waals surface area contributed by atoms with Crippen molar-refractivity contribution in [1.29, 1.82) is 0 Å². The van der Waals surface area contributed by atoms with Crippen LogP contribution in [0.2, 0.25) is 5.02 Å². The molecule has 4 bridgehead atoms. The van der Waals surface area contributed by atoms with Crippen molar-refractivity contribution in [2.45, 2.75) is 50.8 Å². The average molecular weight is 425 g/mol. The van der Waals surface area contributed by atoms with Gasteiger partial charge in [0.1, 0.15) is 6.10 Å². The second-order valence-electron chi connectivity index (χ2n) is 9.19. The SMILES string of the molecule is Cl.O=C(NC1C2CC3CC(C2)CC1C3)C1CN(Cc2cccc(Cl)c2)CCO1. The van der Waals surface area contributed by atoms with Crippen LogP contribution in [0.25, 0.3) is 0 Å². The summed E-state index contributed by atoms with van der Waals surface area (Å²) in [6, 6.07) is 8.35. The van der Waals surface area contributed by atoms with Gasteiger partial charge in [0.05, 0.1) is 6.61 Å². The summed E-state index contributed by atoms with van der Waals surface area (Å²) in [5, 5.41) is 4.17. The van der Waals surface area contributed by atoms with Gasteiger partial charge < -0.3 is 10.1 Å². The molecular weight excluding hydrogens is 395 g/mol. The number of benzene rings is 1. The van der Waals surface area contributed by atoms with Gasteiger partial charge in [-0.05, 0) is 73.5 Å². The van der Waals surface area contributed by atoms with E-state index in [1.165, 1.54) is 37.7 Å². The van der Waals surface area contributed by atoms with E-state index >= 15 is 0 Å². The smallest absolute Gasteiger partial charge is 0.250 e. The second-order valence-corrected chi connectivity index (χ2v) is 9.63. The summed E-state index contributed by atoms with van der Waals surface area (Å²) < 4.78 is 5.85. The number of hydrogen-bond donors (Lipinski definition) is 1. The summed E-state index contributed by atoms with van der Waals surface area (Å²) in [6.07, 6.45) is 6.39. The minimum Gasteiger partial charge on any atom is -0.366 e. The Labute approximate surface area is 178 Å². The summed E-state index contributed by atoms with van der Waals surface area (Å²) in [6.45, 7) is 2.94. The number of halogens is 2. The number of hydrogen-bond acceptors (Lipinski definition) is 3. The zero-order valence-electron chi connectivity index (χ0n) is 16.2. The van der Waals surface area contributed by atoms with Gasteiger partial charge in [-0.15, -0.1) is 12.4 Å². The monoisotopic (exact) mass is 424 g/mol. The van der Waals surface area contributed by atoms with Crippen LogP contribution in [0.3, 0.4) is 0 Å². The lowest BCUT2D eigenvalue weighted by Gasteiger charge is -2.54. The second kappa shape index (κ2) is 8.51. The Balaban J connectivity index is 0.00000192. The number of morpholine rings is 1. The van der Waals surface area contributed by atoms with Gasteiger partial charge in [-0.2, -0.15) is 0 Å². The molecule has 1 atom stereocenters. The molecule has 1 aliphatic heterocycles. The Morgan fingerprint density at radius 3 is 2.54 bits per heavy atom. The van der Waals surface area contributed by atoms with Gasteiger partial charge in [-0.1, -0.05) is 23.7 Å². The van der Waals surface area contributed by atoms with Gasteiger partial charge in [-0.3, -0.25) is 9.69 Å². The molecule has 0 spiro atoms. The lowest BCUT2D eigenvalue weighted by Crippen LogP contribution is -2.59. The average Bonchev–Trinajstić information content (AvgIpc) is 2.64. The van der Waals surface area contributed by atoms with Crippen LogP contribution in [-0.2, 0) is 16.1 Å². The molecule has 1 N–H and O–H groups in total. The topological polar surface area (TPSA) is 41.6 Å². The Morgan fingerprint density at radius 2 is 1.86 bits per heavy atom. The molecule has 154 valence electrons. The van der Waals surface area contributed by atoms with Gasteiger partial charge in [0.2, 0.25) is 0 Å². The third kappa shape index (κ3) is 4.21. The Morgan fingerprint density at radius 1 is 1.14 bits per heavy atom. The molecule has 1 unspecified atom stereocenters. The van der Waals surface area contributed by atoms with E-state index in [9.17, 15) is 4.79 Å². The Bertz CT molecular complexity index is 686. The van der Waals surface area contributed by atoms with E-state index in [0.717, 1.165) is 29.9 Å². The molecule has 0 radical (unpaired) electrons. The summed E-state index contributed by atoms with van der Waals surface area (Å²) in [7, 11) is 0. The first-order valence-corrected chi connectivity index (χ1v) is 10.9. The number of ether oxygens (including phenoxy) is 1. The maximum Gasteiger partial charge on any atom is 0.250 e. The predicted molar refractivity (Wildman–Crippen MR) is 113 cm³/mol. The molecule has 1 amide bonds. The third-order valence-electron chi connectivity index (χ3n) is 7.27. The first-order valence-electron chi connectivity index (χ1n) is 10.5. The normalized spacial score (nSPS) is 36.8. The van der Waals surface area contributed by atoms with Gasteiger partial charge >= 0.3 is 0 Å². The van der Waals surface area contributed by atoms with Crippen LogP contribution in [0, 0.1) is 23.7 Å². The van der Waals surface area contributed by atoms with Crippen molar-refractivity contribution in [3.63, 3.8) is 0 Å². The zero-order chi connectivity index (χ0) is 18.4. The van der Waals surface area contributed by atoms with Gasteiger partial charge in [0, 0.05) is 30.7 Å². The Hall–Kier alpha value is -0.810. The van der Waals surface area contributed by atoms with Crippen molar-refractivity contribution >= 4 is 29.9 Å². The van der Waals surface area contributed by atoms with E-state index in [1.807, 2.05) is 18.2 Å². The van der Waals surface area contributed by atoms with Crippen molar-refractivity contribution in [2.75, 3.05) is 19.7 Å². The fourth-order valence-corrected chi connectivity index (χ4v) is 6.53. The maximum absolute atomic E-state index is 13.0. The van der Waals surface area contributed by atoms with Crippen LogP contribution in [0.15, 0.2) is 24.3 Å². The molecule has 4 nitrogen and oxygen atoms in total. The fraction of sp³-hybridized carbons (Fsp3) is 0.682. The molecule has 6 rings (SSSR count). The molecule has 5 fully saturated rings. The number of amides is 1. The van der Waals surface area contributed by atoms with E-state index in [0.29, 0.717) is 31.0 Å². The zero-order valence-corrected chi connectivity index (χ0v) is 17.8. The lowest BCUT2D eigenvalue weighted by molar-refractivity contribution is -0.142. The van der Waals surface area contributed by atoms with Gasteiger partial charge in [0.15, 0.2) is 0 Å². The van der Waals surface area contributed by atoms with Gasteiger partial charge in [0.25, 0.3) is 5.91 Å². The molecule has 6 heteroatoms. The quantitative estimate of drug-likeness (QED) is 0.796. The largest absolute Gasteiger partial charge is 0.366 e. The summed E-state index contributed by atoms with van der Waals surface area (Å²) in [5.41, 5.74) is 1.18. The highest BCUT2D eigenvalue weighted by atomic mass is 35.5. The lowest BCUT2D eigenvalue weighted by atomic mass is 9.54. The third-order valence-corrected chi connectivity index (χ3v) is 7.51. The van der Waals surface area contributed by atoms with Crippen LogP contribution >= 0.6 is 24.0 Å². The van der Waals surface area contributed by atoms with Crippen LogP contribution in [0.4, 0.5) is 0 Å². The molecule has 1 aromatic rings. The summed E-state index contributed by atoms with van der Waals surface area (Å²) in [4.78, 5) is 15.3. The first-order chi connectivity index (χ1) is 13.1. The fourth-order valence-electron chi connectivity index (χ4n) is 6.32. The standard InChI is InChI=1S/C22H29ClN2O2.ClH/c23-19-3-1-2-14(11-19)12-25-4-5-27-20(13-25)22(26)24-21-17-7-15-6-16(9-17)10-18(21)8-15;/h1-3,11,15-18,20-21H,4-10,12-13H2,(H,24,26);1H. The van der Waals surface area contributed by atoms with Crippen molar-refractivity contribution < 1.29 is 9.53 Å². The van der Waals surface area contributed by atoms with E-state index < -0.39 is 0 Å². The van der Waals surface area contributed by atoms with Crippen LogP contribution in [-0.4, -0.2) is 42.6 Å². The Kier molecular flexibility index (Phi) is 6.22. The van der Waals surface area contributed by atoms with Crippen molar-refractivity contribution in [3.05, 3.63) is 34.9 Å². The minimum atomic E-state index is -0.352. The maximum atomic E-state index is 13.0. The molecule has 4 aliphatic carbocycles. The molecule has 5 aliphatic rings. The van der Waals surface area contributed by atoms with Crippen molar-refractivity contribution in [3.8, 4) is 0 Å². The molecule has 28 heavy (non-hydrogen) atoms. The molecule has 1 heterocycles. The number of nitrogens with zero attached hydrogens (tertiary/aromatic N) is 1. The highest BCUT2D eigenvalue weighted by Gasteiger charge is 2.49. The number of carbonyl (C=O) groups is 1. The highest BCUT2D eigenvalue weighted by Crippen LogP contribution is 2.53.